The fourth-order valence-electron chi connectivity index (χ4n) is 3.92. The molecule has 1 aliphatic heterocycles. The number of carboxylic acid groups (broad SMARTS) is 1. The lowest BCUT2D eigenvalue weighted by molar-refractivity contribution is -0.139. The Labute approximate surface area is 165 Å². The van der Waals surface area contributed by atoms with E-state index in [1.807, 2.05) is 28.9 Å². The van der Waals surface area contributed by atoms with Crippen LogP contribution >= 0.6 is 0 Å². The van der Waals surface area contributed by atoms with Crippen molar-refractivity contribution in [3.63, 3.8) is 0 Å². The highest BCUT2D eigenvalue weighted by Gasteiger charge is 2.35. The van der Waals surface area contributed by atoms with E-state index in [1.165, 1.54) is 17.7 Å². The van der Waals surface area contributed by atoms with Gasteiger partial charge in [-0.3, -0.25) is 9.69 Å². The van der Waals surface area contributed by atoms with Crippen LogP contribution in [0.1, 0.15) is 38.2 Å². The Bertz CT molecular complexity index is 736. The molecule has 2 aliphatic rings. The van der Waals surface area contributed by atoms with Gasteiger partial charge in [0, 0.05) is 25.2 Å². The van der Waals surface area contributed by atoms with E-state index in [4.69, 9.17) is 5.11 Å². The zero-order valence-corrected chi connectivity index (χ0v) is 16.2. The Morgan fingerprint density at radius 1 is 1.32 bits per heavy atom. The summed E-state index contributed by atoms with van der Waals surface area (Å²) in [6.45, 7) is 4.02. The van der Waals surface area contributed by atoms with Crippen LogP contribution in [0.15, 0.2) is 29.8 Å². The van der Waals surface area contributed by atoms with Crippen LogP contribution in [0, 0.1) is 5.82 Å². The Morgan fingerprint density at radius 3 is 2.64 bits per heavy atom. The van der Waals surface area contributed by atoms with Gasteiger partial charge in [-0.2, -0.15) is 0 Å². The lowest BCUT2D eigenvalue weighted by Gasteiger charge is -2.43. The van der Waals surface area contributed by atoms with Crippen molar-refractivity contribution >= 4 is 18.1 Å². The quantitative estimate of drug-likeness (QED) is 0.785. The van der Waals surface area contributed by atoms with Gasteiger partial charge in [-0.05, 0) is 49.9 Å². The topological polar surface area (TPSA) is 72.9 Å². The van der Waals surface area contributed by atoms with Gasteiger partial charge in [0.05, 0.1) is 6.54 Å². The van der Waals surface area contributed by atoms with Gasteiger partial charge in [0.25, 0.3) is 0 Å². The van der Waals surface area contributed by atoms with Gasteiger partial charge < -0.3 is 15.3 Å². The van der Waals surface area contributed by atoms with Crippen molar-refractivity contribution in [3.8, 4) is 0 Å². The number of piperidine rings is 1. The molecule has 28 heavy (non-hydrogen) atoms. The fourth-order valence-corrected chi connectivity index (χ4v) is 3.92. The summed E-state index contributed by atoms with van der Waals surface area (Å²) in [7, 11) is 0. The molecule has 0 aromatic heterocycles. The number of likely N-dealkylation sites (N-methyl/N-ethyl adjacent to an activating group) is 1. The van der Waals surface area contributed by atoms with Crippen LogP contribution in [0.4, 0.5) is 9.18 Å². The van der Waals surface area contributed by atoms with Crippen molar-refractivity contribution in [2.75, 3.05) is 26.2 Å². The third-order valence-electron chi connectivity index (χ3n) is 5.61. The Hall–Kier alpha value is -2.41. The third-order valence-corrected chi connectivity index (χ3v) is 5.61. The number of carboxylic acids is 1. The first-order valence-electron chi connectivity index (χ1n) is 9.91. The van der Waals surface area contributed by atoms with Gasteiger partial charge in [-0.1, -0.05) is 30.7 Å². The van der Waals surface area contributed by atoms with Crippen molar-refractivity contribution in [2.24, 2.45) is 0 Å². The predicted molar refractivity (Wildman–Crippen MR) is 105 cm³/mol. The van der Waals surface area contributed by atoms with E-state index < -0.39 is 5.97 Å². The van der Waals surface area contributed by atoms with E-state index in [1.54, 1.807) is 6.07 Å². The van der Waals surface area contributed by atoms with E-state index in [0.717, 1.165) is 31.2 Å². The van der Waals surface area contributed by atoms with E-state index in [9.17, 15) is 14.0 Å². The number of likely N-dealkylation sites (tertiary alicyclic amines) is 1. The van der Waals surface area contributed by atoms with Gasteiger partial charge in [-0.25, -0.2) is 9.18 Å². The summed E-state index contributed by atoms with van der Waals surface area (Å²) >= 11 is 0. The number of carbonyl (C=O) groups is 2. The van der Waals surface area contributed by atoms with Crippen LogP contribution in [-0.2, 0) is 4.79 Å². The summed E-state index contributed by atoms with van der Waals surface area (Å²) in [4.78, 5) is 27.1. The molecule has 152 valence electrons. The predicted octanol–water partition coefficient (Wildman–Crippen LogP) is 2.95. The lowest BCUT2D eigenvalue weighted by atomic mass is 9.85. The summed E-state index contributed by atoms with van der Waals surface area (Å²) in [5, 5.41) is 12.0. The molecule has 3 rings (SSSR count). The molecule has 1 aromatic carbocycles. The van der Waals surface area contributed by atoms with Crippen LogP contribution in [0.2, 0.25) is 0 Å². The van der Waals surface area contributed by atoms with E-state index >= 15 is 0 Å². The van der Waals surface area contributed by atoms with E-state index in [0.29, 0.717) is 19.6 Å². The van der Waals surface area contributed by atoms with Gasteiger partial charge >= 0.3 is 12.0 Å². The van der Waals surface area contributed by atoms with Crippen molar-refractivity contribution in [1.29, 1.82) is 0 Å². The van der Waals surface area contributed by atoms with Gasteiger partial charge in [0.1, 0.15) is 5.82 Å². The highest BCUT2D eigenvalue weighted by atomic mass is 19.1. The molecule has 0 spiro atoms. The number of hydrogen-bond donors (Lipinski definition) is 2. The summed E-state index contributed by atoms with van der Waals surface area (Å²) in [5.74, 6) is -1.06. The number of urea groups is 1. The summed E-state index contributed by atoms with van der Waals surface area (Å²) < 4.78 is 13.3. The molecule has 2 amide bonds. The number of nitrogens with one attached hydrogen (secondary N) is 1. The van der Waals surface area contributed by atoms with Gasteiger partial charge in [-0.15, -0.1) is 0 Å². The molecule has 2 fully saturated rings. The number of amides is 2. The lowest BCUT2D eigenvalue weighted by Crippen LogP contribution is -2.57. The number of benzene rings is 1. The largest absolute Gasteiger partial charge is 0.480 e. The van der Waals surface area contributed by atoms with Gasteiger partial charge in [0.2, 0.25) is 0 Å². The molecular weight excluding hydrogens is 361 g/mol. The Kier molecular flexibility index (Phi) is 6.67. The molecule has 1 heterocycles. The van der Waals surface area contributed by atoms with Crippen molar-refractivity contribution < 1.29 is 19.1 Å². The number of rotatable bonds is 6. The first-order valence-corrected chi connectivity index (χ1v) is 9.91. The monoisotopic (exact) mass is 389 g/mol. The van der Waals surface area contributed by atoms with E-state index in [-0.39, 0.29) is 30.5 Å². The summed E-state index contributed by atoms with van der Waals surface area (Å²) in [6.07, 6.45) is 5.19. The molecule has 1 saturated heterocycles. The second-order valence-electron chi connectivity index (χ2n) is 7.57. The SMILES string of the molecule is CCN(CC(=O)O)C1CC(NC(=O)N2CCC(=Cc3cccc(F)c3)CC2)C1. The second kappa shape index (κ2) is 9.19. The molecule has 7 heteroatoms. The van der Waals surface area contributed by atoms with Crippen LogP contribution in [-0.4, -0.2) is 65.2 Å². The number of halogens is 1. The van der Waals surface area contributed by atoms with Crippen LogP contribution < -0.4 is 5.32 Å². The standard InChI is InChI=1S/C21H28FN3O3/c1-2-24(14-20(26)27)19-12-18(13-19)23-21(28)25-8-6-15(7-9-25)10-16-4-3-5-17(22)11-16/h3-5,10-11,18-19H,2,6-9,12-14H2,1H3,(H,23,28)(H,26,27). The minimum Gasteiger partial charge on any atom is -0.480 e. The molecule has 0 atom stereocenters. The smallest absolute Gasteiger partial charge is 0.317 e. The molecule has 1 aromatic rings. The maximum Gasteiger partial charge on any atom is 0.317 e. The Balaban J connectivity index is 1.42. The number of aliphatic carboxylic acids is 1. The zero-order chi connectivity index (χ0) is 20.1. The molecular formula is C21H28FN3O3. The first-order chi connectivity index (χ1) is 13.4. The minimum absolute atomic E-state index is 0.0467. The van der Waals surface area contributed by atoms with Gasteiger partial charge in [0.15, 0.2) is 0 Å². The number of nitrogens with zero attached hydrogens (tertiary/aromatic N) is 2. The fraction of sp³-hybridized carbons (Fsp3) is 0.524. The molecule has 0 radical (unpaired) electrons. The third kappa shape index (κ3) is 5.32. The second-order valence-corrected chi connectivity index (χ2v) is 7.57. The zero-order valence-electron chi connectivity index (χ0n) is 16.2. The molecule has 6 nitrogen and oxygen atoms in total. The molecule has 0 unspecified atom stereocenters. The summed E-state index contributed by atoms with van der Waals surface area (Å²) in [5.41, 5.74) is 2.08. The number of carbonyl (C=O) groups excluding carboxylic acids is 1. The normalized spacial score (nSPS) is 22.0. The summed E-state index contributed by atoms with van der Waals surface area (Å²) in [6, 6.07) is 6.83. The Morgan fingerprint density at radius 2 is 2.04 bits per heavy atom. The van der Waals surface area contributed by atoms with Crippen molar-refractivity contribution in [3.05, 3.63) is 41.2 Å². The van der Waals surface area contributed by atoms with Crippen molar-refractivity contribution in [2.45, 2.75) is 44.7 Å². The maximum absolute atomic E-state index is 13.3. The average molecular weight is 389 g/mol. The molecule has 1 saturated carbocycles. The van der Waals surface area contributed by atoms with E-state index in [2.05, 4.69) is 5.32 Å². The molecule has 1 aliphatic carbocycles. The average Bonchev–Trinajstić information content (AvgIpc) is 2.63. The van der Waals surface area contributed by atoms with Crippen LogP contribution in [0.3, 0.4) is 0 Å². The number of hydrogen-bond acceptors (Lipinski definition) is 3. The highest BCUT2D eigenvalue weighted by Crippen LogP contribution is 2.26. The van der Waals surface area contributed by atoms with Crippen LogP contribution in [0.5, 0.6) is 0 Å². The molecule has 0 bridgehead atoms. The molecule has 2 N–H and O–H groups in total. The first kappa shape index (κ1) is 20.3. The maximum atomic E-state index is 13.3. The van der Waals surface area contributed by atoms with Crippen molar-refractivity contribution in [1.82, 2.24) is 15.1 Å². The minimum atomic E-state index is -0.815. The van der Waals surface area contributed by atoms with Crippen LogP contribution in [0.25, 0.3) is 6.08 Å². The highest BCUT2D eigenvalue weighted by molar-refractivity contribution is 5.75.